The normalized spacial score (nSPS) is 13.4. The molecule has 2 aromatic rings. The Balaban J connectivity index is 2.49. The van der Waals surface area contributed by atoms with Crippen LogP contribution in [0.2, 0.25) is 0 Å². The van der Waals surface area contributed by atoms with Gasteiger partial charge in [-0.1, -0.05) is 12.1 Å². The van der Waals surface area contributed by atoms with Crippen molar-refractivity contribution in [3.8, 4) is 0 Å². The summed E-state index contributed by atoms with van der Waals surface area (Å²) in [5, 5.41) is 9.65. The molecule has 0 radical (unpaired) electrons. The summed E-state index contributed by atoms with van der Waals surface area (Å²) in [6.45, 7) is -0.0557. The highest BCUT2D eigenvalue weighted by Crippen LogP contribution is 2.24. The standard InChI is InChI=1S/C9H10N2OS/c10-6(5-12)9-11-7-3-1-2-4-8(7)13-9/h1-4,6,12H,5,10H2/t6-/m1/s1. The van der Waals surface area contributed by atoms with Gasteiger partial charge in [-0.3, -0.25) is 0 Å². The first kappa shape index (κ1) is 8.62. The maximum Gasteiger partial charge on any atom is 0.113 e. The highest BCUT2D eigenvalue weighted by atomic mass is 32.1. The minimum atomic E-state index is -0.350. The third kappa shape index (κ3) is 1.56. The van der Waals surface area contributed by atoms with E-state index in [1.165, 1.54) is 11.3 Å². The lowest BCUT2D eigenvalue weighted by atomic mass is 10.3. The molecule has 1 atom stereocenters. The van der Waals surface area contributed by atoms with Gasteiger partial charge in [0.05, 0.1) is 22.9 Å². The quantitative estimate of drug-likeness (QED) is 0.757. The molecular formula is C9H10N2OS. The summed E-state index contributed by atoms with van der Waals surface area (Å²) < 4.78 is 1.11. The number of hydrogen-bond donors (Lipinski definition) is 2. The van der Waals surface area contributed by atoms with E-state index < -0.39 is 0 Å². The summed E-state index contributed by atoms with van der Waals surface area (Å²) in [6, 6.07) is 7.50. The first-order chi connectivity index (χ1) is 6.31. The van der Waals surface area contributed by atoms with Crippen molar-refractivity contribution in [3.05, 3.63) is 29.3 Å². The van der Waals surface area contributed by atoms with Gasteiger partial charge in [0.15, 0.2) is 0 Å². The van der Waals surface area contributed by atoms with Gasteiger partial charge < -0.3 is 10.8 Å². The maximum absolute atomic E-state index is 8.86. The summed E-state index contributed by atoms with van der Waals surface area (Å²) in [7, 11) is 0. The van der Waals surface area contributed by atoms with Crippen LogP contribution in [0.4, 0.5) is 0 Å². The number of nitrogens with two attached hydrogens (primary N) is 1. The molecule has 68 valence electrons. The molecule has 0 amide bonds. The number of thiazole rings is 1. The molecule has 0 saturated heterocycles. The minimum absolute atomic E-state index is 0.0557. The molecule has 0 aliphatic heterocycles. The van der Waals surface area contributed by atoms with Crippen LogP contribution >= 0.6 is 11.3 Å². The van der Waals surface area contributed by atoms with E-state index in [1.807, 2.05) is 24.3 Å². The molecule has 0 aliphatic rings. The first-order valence-electron chi connectivity index (χ1n) is 4.03. The lowest BCUT2D eigenvalue weighted by Gasteiger charge is -2.00. The number of para-hydroxylation sites is 1. The first-order valence-corrected chi connectivity index (χ1v) is 4.85. The second kappa shape index (κ2) is 3.41. The van der Waals surface area contributed by atoms with Crippen LogP contribution < -0.4 is 5.73 Å². The van der Waals surface area contributed by atoms with Gasteiger partial charge in [0.25, 0.3) is 0 Å². The molecule has 3 N–H and O–H groups in total. The Morgan fingerprint density at radius 3 is 2.92 bits per heavy atom. The molecule has 0 fully saturated rings. The van der Waals surface area contributed by atoms with E-state index in [0.29, 0.717) is 0 Å². The lowest BCUT2D eigenvalue weighted by molar-refractivity contribution is 0.268. The predicted molar refractivity (Wildman–Crippen MR) is 53.6 cm³/mol. The van der Waals surface area contributed by atoms with Crippen molar-refractivity contribution in [2.45, 2.75) is 6.04 Å². The van der Waals surface area contributed by atoms with Crippen molar-refractivity contribution < 1.29 is 5.11 Å². The van der Waals surface area contributed by atoms with E-state index in [1.54, 1.807) is 0 Å². The van der Waals surface area contributed by atoms with E-state index in [4.69, 9.17) is 10.8 Å². The number of fused-ring (bicyclic) bond motifs is 1. The molecule has 4 heteroatoms. The van der Waals surface area contributed by atoms with Gasteiger partial charge in [0.1, 0.15) is 5.01 Å². The van der Waals surface area contributed by atoms with Gasteiger partial charge in [0, 0.05) is 0 Å². The molecule has 0 bridgehead atoms. The fourth-order valence-electron chi connectivity index (χ4n) is 1.13. The molecule has 0 unspecified atom stereocenters. The Bertz CT molecular complexity index is 380. The molecular weight excluding hydrogens is 184 g/mol. The number of benzene rings is 1. The molecule has 0 saturated carbocycles. The van der Waals surface area contributed by atoms with Crippen LogP contribution in [0, 0.1) is 0 Å². The van der Waals surface area contributed by atoms with Crippen LogP contribution in [-0.4, -0.2) is 16.7 Å². The Hall–Kier alpha value is -0.970. The smallest absolute Gasteiger partial charge is 0.113 e. The zero-order chi connectivity index (χ0) is 9.26. The van der Waals surface area contributed by atoms with E-state index in [-0.39, 0.29) is 12.6 Å². The van der Waals surface area contributed by atoms with Crippen LogP contribution in [0.3, 0.4) is 0 Å². The molecule has 0 aliphatic carbocycles. The number of hydrogen-bond acceptors (Lipinski definition) is 4. The highest BCUT2D eigenvalue weighted by molar-refractivity contribution is 7.18. The second-order valence-corrected chi connectivity index (χ2v) is 3.87. The fourth-order valence-corrected chi connectivity index (χ4v) is 2.09. The molecule has 0 spiro atoms. The maximum atomic E-state index is 8.86. The summed E-state index contributed by atoms with van der Waals surface area (Å²) in [6.07, 6.45) is 0. The average molecular weight is 194 g/mol. The van der Waals surface area contributed by atoms with Crippen molar-refractivity contribution in [2.24, 2.45) is 5.73 Å². The van der Waals surface area contributed by atoms with Crippen LogP contribution in [0.15, 0.2) is 24.3 Å². The monoisotopic (exact) mass is 194 g/mol. The van der Waals surface area contributed by atoms with Crippen molar-refractivity contribution in [1.82, 2.24) is 4.98 Å². The topological polar surface area (TPSA) is 59.1 Å². The van der Waals surface area contributed by atoms with Crippen molar-refractivity contribution in [3.63, 3.8) is 0 Å². The minimum Gasteiger partial charge on any atom is -0.394 e. The zero-order valence-corrected chi connectivity index (χ0v) is 7.79. The Morgan fingerprint density at radius 2 is 2.23 bits per heavy atom. The molecule has 2 rings (SSSR count). The molecule has 1 heterocycles. The fraction of sp³-hybridized carbons (Fsp3) is 0.222. The number of nitrogens with zero attached hydrogens (tertiary/aromatic N) is 1. The largest absolute Gasteiger partial charge is 0.394 e. The van der Waals surface area contributed by atoms with Gasteiger partial charge in [-0.15, -0.1) is 11.3 Å². The zero-order valence-electron chi connectivity index (χ0n) is 6.97. The number of aliphatic hydroxyl groups is 1. The molecule has 1 aromatic carbocycles. The highest BCUT2D eigenvalue weighted by Gasteiger charge is 2.09. The average Bonchev–Trinajstić information content (AvgIpc) is 2.59. The second-order valence-electron chi connectivity index (χ2n) is 2.81. The van der Waals surface area contributed by atoms with E-state index in [2.05, 4.69) is 4.98 Å². The van der Waals surface area contributed by atoms with Crippen molar-refractivity contribution in [1.29, 1.82) is 0 Å². The van der Waals surface area contributed by atoms with Crippen LogP contribution in [0.1, 0.15) is 11.0 Å². The van der Waals surface area contributed by atoms with E-state index in [0.717, 1.165) is 15.2 Å². The molecule has 13 heavy (non-hydrogen) atoms. The van der Waals surface area contributed by atoms with Crippen molar-refractivity contribution >= 4 is 21.6 Å². The Kier molecular flexibility index (Phi) is 2.26. The molecule has 3 nitrogen and oxygen atoms in total. The van der Waals surface area contributed by atoms with Crippen LogP contribution in [-0.2, 0) is 0 Å². The lowest BCUT2D eigenvalue weighted by Crippen LogP contribution is -2.13. The van der Waals surface area contributed by atoms with Gasteiger partial charge in [-0.25, -0.2) is 4.98 Å². The van der Waals surface area contributed by atoms with Crippen LogP contribution in [0.5, 0.6) is 0 Å². The summed E-state index contributed by atoms with van der Waals surface area (Å²) >= 11 is 1.53. The number of rotatable bonds is 2. The van der Waals surface area contributed by atoms with E-state index in [9.17, 15) is 0 Å². The van der Waals surface area contributed by atoms with Crippen molar-refractivity contribution in [2.75, 3.05) is 6.61 Å². The summed E-state index contributed by atoms with van der Waals surface area (Å²) in [5.41, 5.74) is 6.61. The van der Waals surface area contributed by atoms with Gasteiger partial charge in [-0.2, -0.15) is 0 Å². The van der Waals surface area contributed by atoms with Gasteiger partial charge in [-0.05, 0) is 12.1 Å². The molecule has 1 aromatic heterocycles. The number of aromatic nitrogens is 1. The van der Waals surface area contributed by atoms with E-state index >= 15 is 0 Å². The van der Waals surface area contributed by atoms with Gasteiger partial charge in [0.2, 0.25) is 0 Å². The summed E-state index contributed by atoms with van der Waals surface area (Å²) in [4.78, 5) is 4.32. The van der Waals surface area contributed by atoms with Gasteiger partial charge >= 0.3 is 0 Å². The SMILES string of the molecule is N[C@H](CO)c1nc2ccccc2s1. The summed E-state index contributed by atoms with van der Waals surface area (Å²) in [5.74, 6) is 0. The predicted octanol–water partition coefficient (Wildman–Crippen LogP) is 1.29. The Labute approximate surface area is 79.8 Å². The van der Waals surface area contributed by atoms with Crippen LogP contribution in [0.25, 0.3) is 10.2 Å². The third-order valence-corrected chi connectivity index (χ3v) is 2.99. The number of aliphatic hydroxyl groups excluding tert-OH is 1. The Morgan fingerprint density at radius 1 is 1.46 bits per heavy atom. The third-order valence-electron chi connectivity index (χ3n) is 1.82.